The summed E-state index contributed by atoms with van der Waals surface area (Å²) >= 11 is 0. The molecule has 7 nitrogen and oxygen atoms in total. The lowest BCUT2D eigenvalue weighted by atomic mass is 9.47. The van der Waals surface area contributed by atoms with E-state index < -0.39 is 17.3 Å². The molecule has 2 saturated carbocycles. The normalized spacial score (nSPS) is 36.6. The van der Waals surface area contributed by atoms with E-state index in [0.717, 1.165) is 44.5 Å². The molecule has 47 heavy (non-hydrogen) atoms. The lowest BCUT2D eigenvalue weighted by Crippen LogP contribution is -2.55. The highest BCUT2D eigenvalue weighted by Gasteiger charge is 2.70. The molecule has 4 bridgehead atoms. The fraction of sp³-hybridized carbons (Fsp3) is 0.275. The number of allylic oxidation sites excluding steroid dienone is 2. The van der Waals surface area contributed by atoms with Crippen molar-refractivity contribution in [3.8, 4) is 0 Å². The molecule has 2 saturated heterocycles. The van der Waals surface area contributed by atoms with Gasteiger partial charge in [0.25, 0.3) is 11.8 Å². The van der Waals surface area contributed by atoms with Crippen molar-refractivity contribution in [3.05, 3.63) is 125 Å². The van der Waals surface area contributed by atoms with Crippen molar-refractivity contribution in [2.24, 2.45) is 52.4 Å². The number of nitrogens with zero attached hydrogens (tertiary/aromatic N) is 3. The maximum absolute atomic E-state index is 15.0. The predicted molar refractivity (Wildman–Crippen MR) is 174 cm³/mol. The molecule has 13 rings (SSSR count). The highest BCUT2D eigenvalue weighted by Crippen LogP contribution is 2.66. The van der Waals surface area contributed by atoms with Gasteiger partial charge in [0.05, 0.1) is 34.8 Å². The molecule has 9 aliphatic rings. The van der Waals surface area contributed by atoms with Crippen molar-refractivity contribution in [3.63, 3.8) is 0 Å². The maximum Gasteiger partial charge on any atom is 0.254 e. The number of hydrogen-bond donors (Lipinski definition) is 0. The van der Waals surface area contributed by atoms with Crippen molar-refractivity contribution < 1.29 is 19.2 Å². The molecule has 2 heterocycles. The van der Waals surface area contributed by atoms with Gasteiger partial charge in [0.2, 0.25) is 11.8 Å². The third-order valence-corrected chi connectivity index (χ3v) is 12.7. The number of imide groups is 2. The van der Waals surface area contributed by atoms with E-state index in [4.69, 9.17) is 5.10 Å². The van der Waals surface area contributed by atoms with Crippen LogP contribution in [0.4, 0.5) is 5.69 Å². The molecular formula is C40H29N3O4. The summed E-state index contributed by atoms with van der Waals surface area (Å²) in [5.41, 5.74) is 3.17. The van der Waals surface area contributed by atoms with Gasteiger partial charge in [0.15, 0.2) is 0 Å². The van der Waals surface area contributed by atoms with E-state index in [1.807, 2.05) is 91.0 Å². The minimum Gasteiger partial charge on any atom is -0.274 e. The Bertz CT molecular complexity index is 2130. The third kappa shape index (κ3) is 2.93. The van der Waals surface area contributed by atoms with E-state index in [0.29, 0.717) is 17.5 Å². The van der Waals surface area contributed by atoms with Crippen LogP contribution in [0.3, 0.4) is 0 Å². The number of hydrazone groups is 1. The molecule has 0 spiro atoms. The highest BCUT2D eigenvalue weighted by molar-refractivity contribution is 6.27. The second-order valence-corrected chi connectivity index (χ2v) is 14.4. The number of carbonyl (C=O) groups excluding carboxylic acids is 4. The molecule has 228 valence electrons. The molecule has 7 aliphatic carbocycles. The van der Waals surface area contributed by atoms with Crippen molar-refractivity contribution in [2.75, 3.05) is 4.90 Å². The second kappa shape index (κ2) is 8.59. The number of amides is 4. The summed E-state index contributed by atoms with van der Waals surface area (Å²) in [6, 6.07) is 29.5. The first-order chi connectivity index (χ1) is 23.0. The van der Waals surface area contributed by atoms with Crippen LogP contribution in [-0.4, -0.2) is 34.9 Å². The van der Waals surface area contributed by atoms with Crippen LogP contribution in [0.15, 0.2) is 108 Å². The Hall–Kier alpha value is -5.17. The summed E-state index contributed by atoms with van der Waals surface area (Å²) < 4.78 is 0. The molecule has 8 atom stereocenters. The van der Waals surface area contributed by atoms with Gasteiger partial charge in [-0.15, -0.1) is 0 Å². The standard InChI is InChI=1S/C40H29N3O4/c44-36-34-31-24-11-3-5-13-28(24)40(29-14-6-4-12-25(29)31,35(34)39(47)42(36)30-15-7-9-20-8-1-2-10-21(20)30)19-41-43-37(45)32-22-16-17-23(27-18-26(22)27)33(32)38(43)46/h1-17,19,22-23,26-27,31-35H,18H2/b41-19-/t22-,23-,26-,27+,31?,32-,33+,34+,35-,40?/m0/s1. The van der Waals surface area contributed by atoms with E-state index in [1.165, 1.54) is 4.90 Å². The summed E-state index contributed by atoms with van der Waals surface area (Å²) in [7, 11) is 0. The zero-order valence-corrected chi connectivity index (χ0v) is 25.3. The van der Waals surface area contributed by atoms with Crippen molar-refractivity contribution >= 4 is 46.3 Å². The molecule has 0 N–H and O–H groups in total. The van der Waals surface area contributed by atoms with Crippen LogP contribution in [0.5, 0.6) is 0 Å². The van der Waals surface area contributed by atoms with E-state index in [9.17, 15) is 19.2 Å². The Balaban J connectivity index is 1.10. The van der Waals surface area contributed by atoms with Gasteiger partial charge in [0.1, 0.15) is 0 Å². The monoisotopic (exact) mass is 615 g/mol. The van der Waals surface area contributed by atoms with Crippen LogP contribution < -0.4 is 4.90 Å². The summed E-state index contributed by atoms with van der Waals surface area (Å²) in [5.74, 6) is -2.39. The quantitative estimate of drug-likeness (QED) is 0.175. The van der Waals surface area contributed by atoms with Crippen LogP contribution in [0.25, 0.3) is 10.8 Å². The largest absolute Gasteiger partial charge is 0.274 e. The molecule has 2 aliphatic heterocycles. The fourth-order valence-corrected chi connectivity index (χ4v) is 10.9. The van der Waals surface area contributed by atoms with Crippen LogP contribution in [0.1, 0.15) is 34.6 Å². The molecule has 4 amide bonds. The van der Waals surface area contributed by atoms with Crippen molar-refractivity contribution in [1.29, 1.82) is 0 Å². The number of fused-ring (bicyclic) bond motifs is 1. The first kappa shape index (κ1) is 26.0. The Labute approximate surface area is 270 Å². The average Bonchev–Trinajstić information content (AvgIpc) is 3.85. The SMILES string of the molecule is O=C1[C@@H]2[C@H]3C=C[C@@H]([C@@H]4C[C@H]34)[C@@H]2C(=O)N1/N=C\C12c3ccccc3C(c3ccccc31)[C@H]1C(=O)N(c3cccc4ccccc34)C(=O)[C@H]12. The lowest BCUT2D eigenvalue weighted by Gasteiger charge is -2.52. The number of rotatable bonds is 3. The van der Waals surface area contributed by atoms with E-state index in [2.05, 4.69) is 12.2 Å². The third-order valence-electron chi connectivity index (χ3n) is 12.7. The van der Waals surface area contributed by atoms with Crippen LogP contribution in [-0.2, 0) is 24.6 Å². The van der Waals surface area contributed by atoms with Crippen molar-refractivity contribution in [1.82, 2.24) is 5.01 Å². The van der Waals surface area contributed by atoms with Crippen LogP contribution >= 0.6 is 0 Å². The predicted octanol–water partition coefficient (Wildman–Crippen LogP) is 5.43. The second-order valence-electron chi connectivity index (χ2n) is 14.4. The first-order valence-electron chi connectivity index (χ1n) is 16.7. The van der Waals surface area contributed by atoms with E-state index in [-0.39, 0.29) is 53.2 Å². The minimum absolute atomic E-state index is 0.0871. The molecular weight excluding hydrogens is 586 g/mol. The molecule has 7 heteroatoms. The van der Waals surface area contributed by atoms with E-state index >= 15 is 0 Å². The average molecular weight is 616 g/mol. The zero-order chi connectivity index (χ0) is 31.3. The summed E-state index contributed by atoms with van der Waals surface area (Å²) in [4.78, 5) is 59.1. The van der Waals surface area contributed by atoms with Gasteiger partial charge in [-0.05, 0) is 63.8 Å². The first-order valence-corrected chi connectivity index (χ1v) is 16.7. The minimum atomic E-state index is -1.16. The fourth-order valence-electron chi connectivity index (χ4n) is 10.9. The number of hydrogen-bond acceptors (Lipinski definition) is 5. The Kier molecular flexibility index (Phi) is 4.75. The number of benzene rings is 4. The molecule has 4 fully saturated rings. The van der Waals surface area contributed by atoms with E-state index in [1.54, 1.807) is 6.21 Å². The topological polar surface area (TPSA) is 87.1 Å². The Morgan fingerprint density at radius 2 is 1.23 bits per heavy atom. The lowest BCUT2D eigenvalue weighted by molar-refractivity contribution is -0.140. The van der Waals surface area contributed by atoms with Gasteiger partial charge in [-0.1, -0.05) is 97.1 Å². The molecule has 4 aromatic carbocycles. The number of anilines is 1. The molecule has 4 aromatic rings. The van der Waals surface area contributed by atoms with Gasteiger partial charge in [-0.3, -0.25) is 19.2 Å². The van der Waals surface area contributed by atoms with Gasteiger partial charge in [-0.2, -0.15) is 10.1 Å². The smallest absolute Gasteiger partial charge is 0.254 e. The van der Waals surface area contributed by atoms with Gasteiger partial charge >= 0.3 is 0 Å². The number of carbonyl (C=O) groups is 4. The summed E-state index contributed by atoms with van der Waals surface area (Å²) in [6.45, 7) is 0. The summed E-state index contributed by atoms with van der Waals surface area (Å²) in [6.07, 6.45) is 7.07. The Morgan fingerprint density at radius 1 is 0.638 bits per heavy atom. The molecule has 0 aromatic heterocycles. The van der Waals surface area contributed by atoms with Gasteiger partial charge < -0.3 is 0 Å². The highest BCUT2D eigenvalue weighted by atomic mass is 16.2. The van der Waals surface area contributed by atoms with Gasteiger partial charge in [-0.25, -0.2) is 4.90 Å². The Morgan fingerprint density at radius 3 is 1.91 bits per heavy atom. The van der Waals surface area contributed by atoms with Crippen molar-refractivity contribution in [2.45, 2.75) is 17.8 Å². The maximum atomic E-state index is 15.0. The van der Waals surface area contributed by atoms with Gasteiger partial charge in [0, 0.05) is 17.5 Å². The summed E-state index contributed by atoms with van der Waals surface area (Å²) in [5, 5.41) is 7.68. The molecule has 0 radical (unpaired) electrons. The van der Waals surface area contributed by atoms with Crippen LogP contribution in [0, 0.1) is 47.3 Å². The molecule has 0 unspecified atom stereocenters. The van der Waals surface area contributed by atoms with Crippen LogP contribution in [0.2, 0.25) is 0 Å². The zero-order valence-electron chi connectivity index (χ0n) is 25.3.